The van der Waals surface area contributed by atoms with Crippen LogP contribution in [0.3, 0.4) is 0 Å². The molecule has 0 radical (unpaired) electrons. The molecule has 0 amide bonds. The summed E-state index contributed by atoms with van der Waals surface area (Å²) in [5, 5.41) is 0. The van der Waals surface area contributed by atoms with Crippen molar-refractivity contribution in [3.8, 4) is 0 Å². The van der Waals surface area contributed by atoms with Crippen LogP contribution in [0.25, 0.3) is 0 Å². The maximum Gasteiger partial charge on any atom is 0.263 e. The van der Waals surface area contributed by atoms with E-state index in [2.05, 4.69) is 35.2 Å². The number of sulfonamides is 1. The summed E-state index contributed by atoms with van der Waals surface area (Å²) in [4.78, 5) is 2.44. The van der Waals surface area contributed by atoms with Crippen LogP contribution in [0.4, 0.5) is 14.5 Å². The van der Waals surface area contributed by atoms with Crippen molar-refractivity contribution in [3.05, 3.63) is 101 Å². The smallest absolute Gasteiger partial charge is 0.263 e. The highest BCUT2D eigenvalue weighted by atomic mass is 32.2. The van der Waals surface area contributed by atoms with Crippen molar-refractivity contribution in [2.75, 3.05) is 23.9 Å². The molecular weight excluding hydrogens is 454 g/mol. The van der Waals surface area contributed by atoms with Gasteiger partial charge >= 0.3 is 0 Å². The molecule has 2 aliphatic heterocycles. The van der Waals surface area contributed by atoms with Crippen LogP contribution in [-0.4, -0.2) is 33.0 Å². The Bertz CT molecular complexity index is 1240. The Hall–Kier alpha value is -2.77. The van der Waals surface area contributed by atoms with Crippen LogP contribution in [0.1, 0.15) is 41.5 Å². The fraction of sp³-hybridized carbons (Fsp3) is 0.333. The molecule has 0 N–H and O–H groups in total. The van der Waals surface area contributed by atoms with Crippen LogP contribution in [0, 0.1) is 0 Å². The van der Waals surface area contributed by atoms with Crippen LogP contribution >= 0.6 is 0 Å². The molecule has 0 saturated carbocycles. The first-order valence-corrected chi connectivity index (χ1v) is 13.2. The van der Waals surface area contributed by atoms with Gasteiger partial charge in [-0.1, -0.05) is 72.8 Å². The van der Waals surface area contributed by atoms with Crippen molar-refractivity contribution in [1.29, 1.82) is 0 Å². The van der Waals surface area contributed by atoms with E-state index in [1.807, 2.05) is 24.3 Å². The van der Waals surface area contributed by atoms with E-state index < -0.39 is 16.4 Å². The van der Waals surface area contributed by atoms with E-state index in [0.717, 1.165) is 43.7 Å². The average Bonchev–Trinajstić information content (AvgIpc) is 3.17. The van der Waals surface area contributed by atoms with Gasteiger partial charge in [-0.2, -0.15) is 0 Å². The summed E-state index contributed by atoms with van der Waals surface area (Å²) in [7, 11) is -3.66. The largest absolute Gasteiger partial charge is 0.299 e. The van der Waals surface area contributed by atoms with Crippen LogP contribution in [0.5, 0.6) is 0 Å². The predicted molar refractivity (Wildman–Crippen MR) is 130 cm³/mol. The van der Waals surface area contributed by atoms with Gasteiger partial charge in [0.1, 0.15) is 0 Å². The highest BCUT2D eigenvalue weighted by Gasteiger charge is 2.47. The number of benzene rings is 3. The second-order valence-corrected chi connectivity index (χ2v) is 11.3. The molecular formula is C27H28F2N2O2S. The van der Waals surface area contributed by atoms with E-state index in [1.54, 1.807) is 4.31 Å². The third-order valence-corrected chi connectivity index (χ3v) is 8.86. The van der Waals surface area contributed by atoms with E-state index in [4.69, 9.17) is 0 Å². The molecule has 3 aromatic rings. The Morgan fingerprint density at radius 3 is 2.15 bits per heavy atom. The Balaban J connectivity index is 1.34. The van der Waals surface area contributed by atoms with E-state index in [-0.39, 0.29) is 16.7 Å². The van der Waals surface area contributed by atoms with Crippen LogP contribution in [0.2, 0.25) is 0 Å². The molecule has 1 saturated heterocycles. The first kappa shape index (κ1) is 23.0. The second kappa shape index (κ2) is 9.12. The lowest BCUT2D eigenvalue weighted by molar-refractivity contribution is 0.151. The maximum absolute atomic E-state index is 13.5. The molecule has 2 heterocycles. The van der Waals surface area contributed by atoms with Crippen LogP contribution in [0.15, 0.2) is 78.9 Å². The summed E-state index contributed by atoms with van der Waals surface area (Å²) in [6.45, 7) is 3.15. The minimum Gasteiger partial charge on any atom is -0.299 e. The molecule has 0 aromatic heterocycles. The summed E-state index contributed by atoms with van der Waals surface area (Å²) < 4.78 is 54.3. The van der Waals surface area contributed by atoms with Gasteiger partial charge in [0.2, 0.25) is 10.0 Å². The molecule has 0 aliphatic carbocycles. The number of rotatable bonds is 6. The van der Waals surface area contributed by atoms with Crippen molar-refractivity contribution in [2.45, 2.75) is 37.0 Å². The van der Waals surface area contributed by atoms with E-state index in [9.17, 15) is 17.2 Å². The van der Waals surface area contributed by atoms with Gasteiger partial charge in [0, 0.05) is 24.1 Å². The highest BCUT2D eigenvalue weighted by Crippen LogP contribution is 2.48. The summed E-state index contributed by atoms with van der Waals surface area (Å²) in [6.07, 6.45) is -0.776. The van der Waals surface area contributed by atoms with Gasteiger partial charge in [0.05, 0.1) is 11.4 Å². The predicted octanol–water partition coefficient (Wildman–Crippen LogP) is 5.51. The fourth-order valence-corrected chi connectivity index (χ4v) is 6.96. The lowest BCUT2D eigenvalue weighted by atomic mass is 9.74. The lowest BCUT2D eigenvalue weighted by Crippen LogP contribution is -2.45. The van der Waals surface area contributed by atoms with Gasteiger partial charge < -0.3 is 0 Å². The number of likely N-dealkylation sites (tertiary alicyclic amines) is 1. The quantitative estimate of drug-likeness (QED) is 0.465. The monoisotopic (exact) mass is 482 g/mol. The first-order valence-electron chi connectivity index (χ1n) is 11.6. The second-order valence-electron chi connectivity index (χ2n) is 9.36. The van der Waals surface area contributed by atoms with Crippen molar-refractivity contribution < 1.29 is 17.2 Å². The topological polar surface area (TPSA) is 40.6 Å². The fourth-order valence-electron chi connectivity index (χ4n) is 5.29. The third-order valence-electron chi connectivity index (χ3n) is 7.17. The van der Waals surface area contributed by atoms with Gasteiger partial charge in [-0.25, -0.2) is 17.2 Å². The number of hydrogen-bond donors (Lipinski definition) is 0. The highest BCUT2D eigenvalue weighted by molar-refractivity contribution is 7.92. The Labute approximate surface area is 199 Å². The molecule has 0 atom stereocenters. The van der Waals surface area contributed by atoms with Gasteiger partial charge in [-0.05, 0) is 48.7 Å². The van der Waals surface area contributed by atoms with Gasteiger partial charge in [-0.3, -0.25) is 9.21 Å². The minimum atomic E-state index is -3.66. The molecule has 7 heteroatoms. The van der Waals surface area contributed by atoms with E-state index in [1.165, 1.54) is 29.8 Å². The lowest BCUT2D eigenvalue weighted by Gasteiger charge is -2.40. The molecule has 1 spiro atoms. The Morgan fingerprint density at radius 2 is 1.47 bits per heavy atom. The zero-order chi connectivity index (χ0) is 23.8. The first-order chi connectivity index (χ1) is 16.4. The molecule has 178 valence electrons. The molecule has 2 aliphatic rings. The molecule has 0 bridgehead atoms. The summed E-state index contributed by atoms with van der Waals surface area (Å²) in [6, 6.07) is 23.8. The third kappa shape index (κ3) is 4.46. The van der Waals surface area contributed by atoms with Crippen LogP contribution in [-0.2, 0) is 27.7 Å². The summed E-state index contributed by atoms with van der Waals surface area (Å²) in [5.41, 5.74) is 3.35. The number of nitrogens with zero attached hydrogens (tertiary/aromatic N) is 2. The number of hydrogen-bond acceptors (Lipinski definition) is 3. The van der Waals surface area contributed by atoms with Gasteiger partial charge in [0.25, 0.3) is 6.43 Å². The number of halogens is 2. The summed E-state index contributed by atoms with van der Waals surface area (Å²) >= 11 is 0. The number of alkyl halides is 2. The SMILES string of the molecule is O=S(=O)(Cc1ccc(C(F)F)cc1)N1CC2(CCN(Cc3ccccc3)CC2)c2ccccc21. The molecule has 5 rings (SSSR count). The summed E-state index contributed by atoms with van der Waals surface area (Å²) in [5.74, 6) is -0.207. The van der Waals surface area contributed by atoms with Crippen LogP contribution < -0.4 is 4.31 Å². The Kier molecular flexibility index (Phi) is 6.16. The molecule has 3 aromatic carbocycles. The standard InChI is InChI=1S/C27H28F2N2O2S/c28-26(29)23-12-10-22(11-13-23)19-34(32,33)31-20-27(24-8-4-5-9-25(24)31)14-16-30(17-15-27)18-21-6-2-1-3-7-21/h1-13,26H,14-20H2. The van der Waals surface area contributed by atoms with E-state index >= 15 is 0 Å². The minimum absolute atomic E-state index is 0.103. The number of anilines is 1. The number of para-hydroxylation sites is 1. The molecule has 0 unspecified atom stereocenters. The normalized spacial score (nSPS) is 17.9. The van der Waals surface area contributed by atoms with Crippen molar-refractivity contribution in [3.63, 3.8) is 0 Å². The Morgan fingerprint density at radius 1 is 0.824 bits per heavy atom. The molecule has 1 fully saturated rings. The average molecular weight is 483 g/mol. The van der Waals surface area contributed by atoms with Gasteiger partial charge in [-0.15, -0.1) is 0 Å². The zero-order valence-corrected chi connectivity index (χ0v) is 19.7. The number of fused-ring (bicyclic) bond motifs is 2. The van der Waals surface area contributed by atoms with Crippen molar-refractivity contribution in [1.82, 2.24) is 4.90 Å². The van der Waals surface area contributed by atoms with Crippen molar-refractivity contribution >= 4 is 15.7 Å². The molecule has 34 heavy (non-hydrogen) atoms. The number of piperidine rings is 1. The zero-order valence-electron chi connectivity index (χ0n) is 18.9. The van der Waals surface area contributed by atoms with Crippen molar-refractivity contribution in [2.24, 2.45) is 0 Å². The van der Waals surface area contributed by atoms with Gasteiger partial charge in [0.15, 0.2) is 0 Å². The van der Waals surface area contributed by atoms with E-state index in [0.29, 0.717) is 12.1 Å². The maximum atomic E-state index is 13.5. The molecule has 4 nitrogen and oxygen atoms in total.